The van der Waals surface area contributed by atoms with Crippen LogP contribution in [0.25, 0.3) is 5.57 Å². The number of benzene rings is 1. The summed E-state index contributed by atoms with van der Waals surface area (Å²) < 4.78 is 5.08. The minimum Gasteiger partial charge on any atom is -0.497 e. The van der Waals surface area contributed by atoms with E-state index in [2.05, 4.69) is 12.6 Å². The molecule has 2 heteroatoms. The molecule has 0 unspecified atom stereocenters. The lowest BCUT2D eigenvalue weighted by molar-refractivity contribution is 0.415. The fourth-order valence-corrected chi connectivity index (χ4v) is 1.29. The van der Waals surface area contributed by atoms with Crippen molar-refractivity contribution in [3.63, 3.8) is 0 Å². The second-order valence-corrected chi connectivity index (χ2v) is 3.44. The monoisotopic (exact) mass is 225 g/mol. The zero-order chi connectivity index (χ0) is 12.7. The largest absolute Gasteiger partial charge is 0.497 e. The number of ether oxygens (including phenoxy) is 1. The molecule has 0 aromatic heterocycles. The lowest BCUT2D eigenvalue weighted by Crippen LogP contribution is -1.83. The van der Waals surface area contributed by atoms with Crippen molar-refractivity contribution in [1.82, 2.24) is 0 Å². The number of methoxy groups -OCH3 is 1. The summed E-state index contributed by atoms with van der Waals surface area (Å²) in [6.45, 7) is 5.79. The molecular weight excluding hydrogens is 210 g/mol. The molecule has 1 aromatic rings. The Kier molecular flexibility index (Phi) is 4.77. The number of nitrogens with zero attached hydrogens (tertiary/aromatic N) is 1. The second kappa shape index (κ2) is 6.34. The number of hydrogen-bond acceptors (Lipinski definition) is 2. The van der Waals surface area contributed by atoms with Gasteiger partial charge in [-0.25, -0.2) is 0 Å². The van der Waals surface area contributed by atoms with Gasteiger partial charge in [0.15, 0.2) is 0 Å². The van der Waals surface area contributed by atoms with E-state index in [9.17, 15) is 0 Å². The molecular formula is C15H15NO. The molecule has 86 valence electrons. The van der Waals surface area contributed by atoms with E-state index in [1.807, 2.05) is 37.3 Å². The third-order valence-electron chi connectivity index (χ3n) is 2.36. The summed E-state index contributed by atoms with van der Waals surface area (Å²) in [4.78, 5) is 0. The van der Waals surface area contributed by atoms with Crippen LogP contribution in [0.1, 0.15) is 12.5 Å². The molecule has 0 saturated heterocycles. The van der Waals surface area contributed by atoms with Gasteiger partial charge in [-0.15, -0.1) is 0 Å². The molecule has 0 aliphatic heterocycles. The molecule has 0 fully saturated rings. The van der Waals surface area contributed by atoms with Gasteiger partial charge in [-0.3, -0.25) is 0 Å². The molecule has 0 atom stereocenters. The highest BCUT2D eigenvalue weighted by atomic mass is 16.5. The molecule has 1 rings (SSSR count). The molecule has 0 aliphatic carbocycles. The van der Waals surface area contributed by atoms with Gasteiger partial charge in [0.05, 0.1) is 13.2 Å². The molecule has 0 spiro atoms. The Morgan fingerprint density at radius 2 is 1.94 bits per heavy atom. The highest BCUT2D eigenvalue weighted by Crippen LogP contribution is 2.18. The molecule has 0 saturated carbocycles. The fraction of sp³-hybridized carbons (Fsp3) is 0.133. The van der Waals surface area contributed by atoms with Crippen molar-refractivity contribution in [3.8, 4) is 11.8 Å². The molecule has 0 heterocycles. The van der Waals surface area contributed by atoms with E-state index in [0.717, 1.165) is 16.9 Å². The highest BCUT2D eigenvalue weighted by Gasteiger charge is 1.96. The minimum absolute atomic E-state index is 0.625. The van der Waals surface area contributed by atoms with E-state index in [-0.39, 0.29) is 0 Å². The van der Waals surface area contributed by atoms with Crippen LogP contribution in [0.4, 0.5) is 0 Å². The summed E-state index contributed by atoms with van der Waals surface area (Å²) in [6.07, 6.45) is 5.35. The first kappa shape index (κ1) is 12.8. The lowest BCUT2D eigenvalue weighted by Gasteiger charge is -2.02. The van der Waals surface area contributed by atoms with E-state index in [1.54, 1.807) is 19.3 Å². The SMILES string of the molecule is C=C(/C=C\C(C#N)=C/C)c1ccc(OC)cc1. The van der Waals surface area contributed by atoms with Crippen molar-refractivity contribution in [1.29, 1.82) is 5.26 Å². The summed E-state index contributed by atoms with van der Waals surface area (Å²) in [5, 5.41) is 8.76. The Morgan fingerprint density at radius 1 is 1.29 bits per heavy atom. The summed E-state index contributed by atoms with van der Waals surface area (Å²) in [5.74, 6) is 0.816. The van der Waals surface area contributed by atoms with Crippen LogP contribution < -0.4 is 4.74 Å². The van der Waals surface area contributed by atoms with Crippen LogP contribution in [0, 0.1) is 11.3 Å². The Labute approximate surface area is 102 Å². The summed E-state index contributed by atoms with van der Waals surface area (Å²) in [5.41, 5.74) is 2.50. The Bertz CT molecular complexity index is 487. The topological polar surface area (TPSA) is 33.0 Å². The number of nitriles is 1. The third kappa shape index (κ3) is 3.66. The maximum atomic E-state index is 8.76. The van der Waals surface area contributed by atoms with Crippen molar-refractivity contribution in [2.24, 2.45) is 0 Å². The van der Waals surface area contributed by atoms with Crippen molar-refractivity contribution < 1.29 is 4.74 Å². The predicted octanol–water partition coefficient (Wildman–Crippen LogP) is 3.73. The maximum Gasteiger partial charge on any atom is 0.118 e. The number of allylic oxidation sites excluding steroid dienone is 5. The molecule has 0 radical (unpaired) electrons. The van der Waals surface area contributed by atoms with E-state index < -0.39 is 0 Å². The molecule has 2 nitrogen and oxygen atoms in total. The quantitative estimate of drug-likeness (QED) is 0.577. The zero-order valence-corrected chi connectivity index (χ0v) is 10.1. The standard InChI is InChI=1S/C15H15NO/c1-4-13(11-16)6-5-12(2)14-7-9-15(17-3)10-8-14/h4-10H,2H2,1,3H3/b6-5-,13-4+. The smallest absolute Gasteiger partial charge is 0.118 e. The highest BCUT2D eigenvalue weighted by molar-refractivity contribution is 5.73. The fourth-order valence-electron chi connectivity index (χ4n) is 1.29. The summed E-state index contributed by atoms with van der Waals surface area (Å²) in [7, 11) is 1.63. The van der Waals surface area contributed by atoms with Gasteiger partial charge in [0.25, 0.3) is 0 Å². The maximum absolute atomic E-state index is 8.76. The van der Waals surface area contributed by atoms with Crippen LogP contribution >= 0.6 is 0 Å². The van der Waals surface area contributed by atoms with E-state index >= 15 is 0 Å². The lowest BCUT2D eigenvalue weighted by atomic mass is 10.1. The molecule has 1 aromatic carbocycles. The number of hydrogen-bond donors (Lipinski definition) is 0. The van der Waals surface area contributed by atoms with Crippen LogP contribution in [-0.2, 0) is 0 Å². The van der Waals surface area contributed by atoms with Crippen molar-refractivity contribution in [2.75, 3.05) is 7.11 Å². The molecule has 0 N–H and O–H groups in total. The van der Waals surface area contributed by atoms with Gasteiger partial charge in [-0.2, -0.15) is 5.26 Å². The van der Waals surface area contributed by atoms with E-state index in [1.165, 1.54) is 0 Å². The van der Waals surface area contributed by atoms with Crippen LogP contribution in [0.15, 0.2) is 54.6 Å². The van der Waals surface area contributed by atoms with Crippen molar-refractivity contribution in [2.45, 2.75) is 6.92 Å². The van der Waals surface area contributed by atoms with Crippen LogP contribution in [-0.4, -0.2) is 7.11 Å². The van der Waals surface area contributed by atoms with Crippen LogP contribution in [0.3, 0.4) is 0 Å². The Hall–Kier alpha value is -2.27. The van der Waals surface area contributed by atoms with E-state index in [0.29, 0.717) is 5.57 Å². The predicted molar refractivity (Wildman–Crippen MR) is 70.5 cm³/mol. The third-order valence-corrected chi connectivity index (χ3v) is 2.36. The van der Waals surface area contributed by atoms with Gasteiger partial charge in [0, 0.05) is 5.57 Å². The van der Waals surface area contributed by atoms with Crippen LogP contribution in [0.2, 0.25) is 0 Å². The molecule has 17 heavy (non-hydrogen) atoms. The molecule has 0 aliphatic rings. The first-order valence-corrected chi connectivity index (χ1v) is 5.29. The average molecular weight is 225 g/mol. The van der Waals surface area contributed by atoms with Gasteiger partial charge in [-0.05, 0) is 36.3 Å². The first-order valence-electron chi connectivity index (χ1n) is 5.29. The van der Waals surface area contributed by atoms with Crippen molar-refractivity contribution in [3.05, 3.63) is 60.2 Å². The average Bonchev–Trinajstić information content (AvgIpc) is 2.39. The summed E-state index contributed by atoms with van der Waals surface area (Å²) >= 11 is 0. The first-order chi connectivity index (χ1) is 8.21. The van der Waals surface area contributed by atoms with Gasteiger partial charge in [-0.1, -0.05) is 30.9 Å². The van der Waals surface area contributed by atoms with E-state index in [4.69, 9.17) is 10.00 Å². The zero-order valence-electron chi connectivity index (χ0n) is 10.1. The van der Waals surface area contributed by atoms with Crippen LogP contribution in [0.5, 0.6) is 5.75 Å². The number of rotatable bonds is 4. The molecule has 0 bridgehead atoms. The Balaban J connectivity index is 2.80. The minimum atomic E-state index is 0.625. The Morgan fingerprint density at radius 3 is 2.41 bits per heavy atom. The van der Waals surface area contributed by atoms with Gasteiger partial charge in [0.2, 0.25) is 0 Å². The van der Waals surface area contributed by atoms with Gasteiger partial charge in [0.1, 0.15) is 5.75 Å². The van der Waals surface area contributed by atoms with Gasteiger partial charge >= 0.3 is 0 Å². The van der Waals surface area contributed by atoms with Gasteiger partial charge < -0.3 is 4.74 Å². The summed E-state index contributed by atoms with van der Waals surface area (Å²) in [6, 6.07) is 9.73. The second-order valence-electron chi connectivity index (χ2n) is 3.44. The molecule has 0 amide bonds. The van der Waals surface area contributed by atoms with Crippen molar-refractivity contribution >= 4 is 5.57 Å². The normalized spacial score (nSPS) is 11.2.